The fraction of sp³-hybridized carbons (Fsp3) is 0.467. The van der Waals surface area contributed by atoms with Gasteiger partial charge in [0.1, 0.15) is 5.52 Å². The Hall–Kier alpha value is -1.88. The van der Waals surface area contributed by atoms with Crippen LogP contribution in [0.1, 0.15) is 19.2 Å². The van der Waals surface area contributed by atoms with Gasteiger partial charge in [0.15, 0.2) is 11.5 Å². The van der Waals surface area contributed by atoms with Gasteiger partial charge in [-0.1, -0.05) is 0 Å². The topological polar surface area (TPSA) is 58.4 Å². The van der Waals surface area contributed by atoms with E-state index < -0.39 is 0 Å². The van der Waals surface area contributed by atoms with Crippen LogP contribution in [0.15, 0.2) is 22.6 Å². The lowest BCUT2D eigenvalue weighted by Gasteiger charge is -2.22. The fourth-order valence-corrected chi connectivity index (χ4v) is 2.78. The van der Waals surface area contributed by atoms with E-state index in [-0.39, 0.29) is 11.3 Å². The zero-order valence-corrected chi connectivity index (χ0v) is 12.1. The fourth-order valence-electron chi connectivity index (χ4n) is 2.78. The molecule has 1 aliphatic rings. The van der Waals surface area contributed by atoms with Crippen LogP contribution in [-0.4, -0.2) is 35.9 Å². The second-order valence-corrected chi connectivity index (χ2v) is 5.92. The summed E-state index contributed by atoms with van der Waals surface area (Å²) in [7, 11) is 2.04. The van der Waals surface area contributed by atoms with Crippen molar-refractivity contribution in [2.45, 2.75) is 20.3 Å². The molecule has 20 heavy (non-hydrogen) atoms. The van der Waals surface area contributed by atoms with Crippen molar-refractivity contribution in [1.82, 2.24) is 9.88 Å². The van der Waals surface area contributed by atoms with E-state index in [1.54, 1.807) is 0 Å². The van der Waals surface area contributed by atoms with E-state index in [9.17, 15) is 4.79 Å². The molecule has 5 heteroatoms. The summed E-state index contributed by atoms with van der Waals surface area (Å²) >= 11 is 0. The van der Waals surface area contributed by atoms with Crippen molar-refractivity contribution in [2.24, 2.45) is 5.41 Å². The molecule has 1 aromatic carbocycles. The van der Waals surface area contributed by atoms with Crippen LogP contribution in [0.3, 0.4) is 0 Å². The molecule has 1 fully saturated rings. The van der Waals surface area contributed by atoms with E-state index >= 15 is 0 Å². The van der Waals surface area contributed by atoms with Crippen LogP contribution in [0.25, 0.3) is 11.1 Å². The third-order valence-corrected chi connectivity index (χ3v) is 3.96. The molecule has 2 aromatic rings. The maximum absolute atomic E-state index is 12.4. The van der Waals surface area contributed by atoms with Crippen LogP contribution < -0.4 is 5.32 Å². The van der Waals surface area contributed by atoms with E-state index in [0.717, 1.165) is 36.3 Å². The van der Waals surface area contributed by atoms with Crippen molar-refractivity contribution in [3.05, 3.63) is 24.1 Å². The molecule has 1 N–H and O–H groups in total. The summed E-state index contributed by atoms with van der Waals surface area (Å²) in [6.45, 7) is 5.59. The number of aryl methyl sites for hydroxylation is 1. The molecule has 1 amide bonds. The minimum atomic E-state index is -0.316. The Kier molecular flexibility index (Phi) is 3.01. The van der Waals surface area contributed by atoms with Crippen molar-refractivity contribution in [2.75, 3.05) is 25.5 Å². The number of nitrogens with one attached hydrogen (secondary N) is 1. The molecule has 1 aliphatic heterocycles. The Bertz CT molecular complexity index is 664. The van der Waals surface area contributed by atoms with Gasteiger partial charge in [-0.2, -0.15) is 0 Å². The van der Waals surface area contributed by atoms with Crippen molar-refractivity contribution < 1.29 is 9.21 Å². The molecule has 106 valence electrons. The molecule has 0 saturated carbocycles. The molecule has 0 radical (unpaired) electrons. The number of aromatic nitrogens is 1. The number of hydrogen-bond acceptors (Lipinski definition) is 4. The number of benzene rings is 1. The Labute approximate surface area is 118 Å². The summed E-state index contributed by atoms with van der Waals surface area (Å²) in [6, 6.07) is 5.55. The van der Waals surface area contributed by atoms with Crippen LogP contribution in [0, 0.1) is 12.3 Å². The summed E-state index contributed by atoms with van der Waals surface area (Å²) in [5.41, 5.74) is 1.97. The smallest absolute Gasteiger partial charge is 0.231 e. The van der Waals surface area contributed by atoms with Gasteiger partial charge in [-0.15, -0.1) is 0 Å². The number of rotatable bonds is 2. The normalized spacial score (nSPS) is 23.4. The quantitative estimate of drug-likeness (QED) is 0.913. The maximum atomic E-state index is 12.4. The van der Waals surface area contributed by atoms with Gasteiger partial charge in [0.25, 0.3) is 0 Å². The molecule has 0 aliphatic carbocycles. The molecule has 1 atom stereocenters. The van der Waals surface area contributed by atoms with Gasteiger partial charge in [0, 0.05) is 19.2 Å². The summed E-state index contributed by atoms with van der Waals surface area (Å²) < 4.78 is 5.43. The van der Waals surface area contributed by atoms with E-state index in [2.05, 4.69) is 15.2 Å². The average molecular weight is 273 g/mol. The number of carbonyl (C=O) groups excluding carboxylic acids is 1. The Balaban J connectivity index is 1.80. The second kappa shape index (κ2) is 4.59. The number of fused-ring (bicyclic) bond motifs is 1. The summed E-state index contributed by atoms with van der Waals surface area (Å²) in [5, 5.41) is 3.00. The highest BCUT2D eigenvalue weighted by Crippen LogP contribution is 2.31. The first kappa shape index (κ1) is 13.1. The summed E-state index contributed by atoms with van der Waals surface area (Å²) in [5.74, 6) is 0.703. The standard InChI is InChI=1S/C15H19N3O2/c1-10-16-12-8-11(4-5-13(12)20-10)17-14(19)15(2)6-7-18(3)9-15/h4-5,8H,6-7,9H2,1-3H3,(H,17,19). The third-order valence-electron chi connectivity index (χ3n) is 3.96. The Morgan fingerprint density at radius 3 is 3.00 bits per heavy atom. The number of carbonyl (C=O) groups is 1. The van der Waals surface area contributed by atoms with Crippen molar-refractivity contribution in [3.63, 3.8) is 0 Å². The van der Waals surface area contributed by atoms with E-state index in [1.165, 1.54) is 0 Å². The average Bonchev–Trinajstić information content (AvgIpc) is 2.91. The zero-order chi connectivity index (χ0) is 14.3. The van der Waals surface area contributed by atoms with Crippen molar-refractivity contribution in [3.8, 4) is 0 Å². The lowest BCUT2D eigenvalue weighted by atomic mass is 9.88. The first-order valence-corrected chi connectivity index (χ1v) is 6.83. The highest BCUT2D eigenvalue weighted by atomic mass is 16.3. The van der Waals surface area contributed by atoms with E-state index in [0.29, 0.717) is 5.89 Å². The minimum absolute atomic E-state index is 0.0708. The van der Waals surface area contributed by atoms with Crippen LogP contribution >= 0.6 is 0 Å². The molecule has 5 nitrogen and oxygen atoms in total. The summed E-state index contributed by atoms with van der Waals surface area (Å²) in [6.07, 6.45) is 0.890. The summed E-state index contributed by atoms with van der Waals surface area (Å²) in [4.78, 5) is 18.9. The van der Waals surface area contributed by atoms with Crippen LogP contribution in [-0.2, 0) is 4.79 Å². The number of amides is 1. The number of anilines is 1. The molecular formula is C15H19N3O2. The van der Waals surface area contributed by atoms with Crippen LogP contribution in [0.4, 0.5) is 5.69 Å². The van der Waals surface area contributed by atoms with Gasteiger partial charge in [-0.25, -0.2) is 4.98 Å². The minimum Gasteiger partial charge on any atom is -0.441 e. The molecular weight excluding hydrogens is 254 g/mol. The van der Waals surface area contributed by atoms with Gasteiger partial charge >= 0.3 is 0 Å². The van der Waals surface area contributed by atoms with Crippen LogP contribution in [0.5, 0.6) is 0 Å². The number of oxazole rings is 1. The highest BCUT2D eigenvalue weighted by molar-refractivity contribution is 5.96. The van der Waals surface area contributed by atoms with Gasteiger partial charge in [0.05, 0.1) is 5.41 Å². The zero-order valence-electron chi connectivity index (χ0n) is 12.1. The van der Waals surface area contributed by atoms with Crippen molar-refractivity contribution in [1.29, 1.82) is 0 Å². The van der Waals surface area contributed by atoms with Crippen LogP contribution in [0.2, 0.25) is 0 Å². The van der Waals surface area contributed by atoms with Gasteiger partial charge in [-0.3, -0.25) is 4.79 Å². The second-order valence-electron chi connectivity index (χ2n) is 5.92. The molecule has 0 bridgehead atoms. The van der Waals surface area contributed by atoms with Gasteiger partial charge in [-0.05, 0) is 45.1 Å². The molecule has 1 aromatic heterocycles. The lowest BCUT2D eigenvalue weighted by molar-refractivity contribution is -0.124. The van der Waals surface area contributed by atoms with E-state index in [1.807, 2.05) is 39.1 Å². The highest BCUT2D eigenvalue weighted by Gasteiger charge is 2.38. The molecule has 1 saturated heterocycles. The number of nitrogens with zero attached hydrogens (tertiary/aromatic N) is 2. The van der Waals surface area contributed by atoms with Gasteiger partial charge < -0.3 is 14.6 Å². The monoisotopic (exact) mass is 273 g/mol. The Morgan fingerprint density at radius 2 is 2.30 bits per heavy atom. The molecule has 0 spiro atoms. The Morgan fingerprint density at radius 1 is 1.50 bits per heavy atom. The predicted octanol–water partition coefficient (Wildman–Crippen LogP) is 2.42. The largest absolute Gasteiger partial charge is 0.441 e. The maximum Gasteiger partial charge on any atom is 0.231 e. The number of likely N-dealkylation sites (tertiary alicyclic amines) is 1. The van der Waals surface area contributed by atoms with E-state index in [4.69, 9.17) is 4.42 Å². The first-order chi connectivity index (χ1) is 9.46. The first-order valence-electron chi connectivity index (χ1n) is 6.83. The predicted molar refractivity (Wildman–Crippen MR) is 77.6 cm³/mol. The molecule has 1 unspecified atom stereocenters. The molecule has 2 heterocycles. The number of hydrogen-bond donors (Lipinski definition) is 1. The van der Waals surface area contributed by atoms with Crippen molar-refractivity contribution >= 4 is 22.7 Å². The van der Waals surface area contributed by atoms with Gasteiger partial charge in [0.2, 0.25) is 5.91 Å². The third kappa shape index (κ3) is 2.29. The molecule has 3 rings (SSSR count). The SMILES string of the molecule is Cc1nc2cc(NC(=O)C3(C)CCN(C)C3)ccc2o1. The lowest BCUT2D eigenvalue weighted by Crippen LogP contribution is -2.35.